The average molecular weight is 293 g/mol. The van der Waals surface area contributed by atoms with Crippen molar-refractivity contribution in [2.45, 2.75) is 6.42 Å². The molecule has 0 atom stereocenters. The molecule has 3 nitrogen and oxygen atoms in total. The zero-order valence-electron chi connectivity index (χ0n) is 11.0. The molecule has 0 aliphatic heterocycles. The predicted molar refractivity (Wildman–Crippen MR) is 82.7 cm³/mol. The van der Waals surface area contributed by atoms with Gasteiger partial charge in [-0.3, -0.25) is 0 Å². The molecule has 1 aromatic heterocycles. The third-order valence-electron chi connectivity index (χ3n) is 3.40. The zero-order valence-corrected chi connectivity index (χ0v) is 11.9. The van der Waals surface area contributed by atoms with E-state index in [-0.39, 0.29) is 0 Å². The van der Waals surface area contributed by atoms with Gasteiger partial charge in [0.2, 0.25) is 0 Å². The van der Waals surface area contributed by atoms with E-state index >= 15 is 0 Å². The Balaban J connectivity index is 2.18. The van der Waals surface area contributed by atoms with Crippen LogP contribution in [0, 0.1) is 11.3 Å². The number of carboxylic acid groups (broad SMARTS) is 1. The van der Waals surface area contributed by atoms with E-state index < -0.39 is 5.97 Å². The first kappa shape index (κ1) is 13.3. The number of hydrogen-bond acceptors (Lipinski definition) is 3. The van der Waals surface area contributed by atoms with E-state index in [2.05, 4.69) is 6.07 Å². The molecule has 1 heterocycles. The second-order valence-electron chi connectivity index (χ2n) is 4.66. The molecular weight excluding hydrogens is 282 g/mol. The lowest BCUT2D eigenvalue weighted by molar-refractivity contribution is 0.0701. The van der Waals surface area contributed by atoms with Crippen LogP contribution in [0.1, 0.15) is 26.4 Å². The van der Waals surface area contributed by atoms with E-state index in [1.165, 1.54) is 11.3 Å². The number of fused-ring (bicyclic) bond motifs is 1. The van der Waals surface area contributed by atoms with E-state index in [0.29, 0.717) is 16.9 Å². The fourth-order valence-electron chi connectivity index (χ4n) is 2.42. The Morgan fingerprint density at radius 1 is 1.14 bits per heavy atom. The number of nitriles is 1. The second kappa shape index (κ2) is 5.39. The van der Waals surface area contributed by atoms with Crippen LogP contribution < -0.4 is 0 Å². The van der Waals surface area contributed by atoms with Gasteiger partial charge in [0.15, 0.2) is 0 Å². The van der Waals surface area contributed by atoms with Crippen molar-refractivity contribution in [1.82, 2.24) is 0 Å². The number of benzene rings is 2. The fraction of sp³-hybridized carbons (Fsp3) is 0.0588. The third-order valence-corrected chi connectivity index (χ3v) is 4.60. The fourth-order valence-corrected chi connectivity index (χ4v) is 3.48. The van der Waals surface area contributed by atoms with Gasteiger partial charge in [-0.15, -0.1) is 11.3 Å². The Hall–Kier alpha value is -2.64. The summed E-state index contributed by atoms with van der Waals surface area (Å²) in [5, 5.41) is 19.5. The molecule has 0 radical (unpaired) electrons. The molecule has 0 spiro atoms. The quantitative estimate of drug-likeness (QED) is 0.792. The first-order chi connectivity index (χ1) is 10.2. The Bertz CT molecular complexity index is 874. The average Bonchev–Trinajstić information content (AvgIpc) is 2.87. The van der Waals surface area contributed by atoms with Crippen molar-refractivity contribution in [2.24, 2.45) is 0 Å². The van der Waals surface area contributed by atoms with Gasteiger partial charge < -0.3 is 5.11 Å². The Kier molecular flexibility index (Phi) is 3.43. The highest BCUT2D eigenvalue weighted by Gasteiger charge is 2.18. The number of rotatable bonds is 3. The molecule has 3 rings (SSSR count). The van der Waals surface area contributed by atoms with Crippen LogP contribution in [0.4, 0.5) is 0 Å². The Labute approximate surface area is 125 Å². The summed E-state index contributed by atoms with van der Waals surface area (Å²) in [5.74, 6) is -0.916. The van der Waals surface area contributed by atoms with Crippen molar-refractivity contribution in [1.29, 1.82) is 5.26 Å². The number of thiophene rings is 1. The first-order valence-electron chi connectivity index (χ1n) is 6.42. The number of aromatic carboxylic acids is 1. The number of carbonyl (C=O) groups is 1. The molecule has 0 saturated heterocycles. The predicted octanol–water partition coefficient (Wildman–Crippen LogP) is 4.06. The largest absolute Gasteiger partial charge is 0.477 e. The summed E-state index contributed by atoms with van der Waals surface area (Å²) in [6.07, 6.45) is 0.454. The summed E-state index contributed by atoms with van der Waals surface area (Å²) < 4.78 is 0.958. The van der Waals surface area contributed by atoms with E-state index in [0.717, 1.165) is 21.2 Å². The molecule has 102 valence electrons. The van der Waals surface area contributed by atoms with E-state index in [4.69, 9.17) is 0 Å². The number of nitrogens with zero attached hydrogens (tertiary/aromatic N) is 1. The van der Waals surface area contributed by atoms with Gasteiger partial charge in [0, 0.05) is 11.1 Å². The number of hydrogen-bond donors (Lipinski definition) is 1. The van der Waals surface area contributed by atoms with Gasteiger partial charge in [-0.25, -0.2) is 4.79 Å². The maximum Gasteiger partial charge on any atom is 0.346 e. The molecule has 0 aliphatic carbocycles. The smallest absolute Gasteiger partial charge is 0.346 e. The van der Waals surface area contributed by atoms with Gasteiger partial charge in [0.1, 0.15) is 4.88 Å². The Morgan fingerprint density at radius 3 is 2.62 bits per heavy atom. The highest BCUT2D eigenvalue weighted by Crippen LogP contribution is 2.33. The molecule has 2 aromatic carbocycles. The molecule has 0 aliphatic rings. The van der Waals surface area contributed by atoms with E-state index in [9.17, 15) is 15.2 Å². The van der Waals surface area contributed by atoms with Crippen molar-refractivity contribution < 1.29 is 9.90 Å². The standard InChI is InChI=1S/C17H11NO2S/c18-10-12-6-2-1-5-11(12)9-14-13-7-3-4-8-15(13)21-16(14)17(19)20/h1-8H,9H2,(H,19,20). The van der Waals surface area contributed by atoms with Gasteiger partial charge in [-0.05, 0) is 28.6 Å². The minimum Gasteiger partial charge on any atom is -0.477 e. The minimum atomic E-state index is -0.916. The molecule has 4 heteroatoms. The lowest BCUT2D eigenvalue weighted by Gasteiger charge is -2.04. The highest BCUT2D eigenvalue weighted by atomic mass is 32.1. The summed E-state index contributed by atoms with van der Waals surface area (Å²) in [5.41, 5.74) is 2.22. The summed E-state index contributed by atoms with van der Waals surface area (Å²) >= 11 is 1.28. The summed E-state index contributed by atoms with van der Waals surface area (Å²) in [4.78, 5) is 11.8. The van der Waals surface area contributed by atoms with Crippen molar-refractivity contribution in [3.63, 3.8) is 0 Å². The third kappa shape index (κ3) is 2.39. The van der Waals surface area contributed by atoms with Crippen molar-refractivity contribution in [2.75, 3.05) is 0 Å². The van der Waals surface area contributed by atoms with Crippen molar-refractivity contribution in [3.05, 3.63) is 70.1 Å². The maximum atomic E-state index is 11.5. The highest BCUT2D eigenvalue weighted by molar-refractivity contribution is 7.21. The van der Waals surface area contributed by atoms with Gasteiger partial charge in [-0.1, -0.05) is 36.4 Å². The minimum absolute atomic E-state index is 0.351. The lowest BCUT2D eigenvalue weighted by atomic mass is 9.98. The summed E-state index contributed by atoms with van der Waals surface area (Å²) in [6, 6.07) is 17.1. The van der Waals surface area contributed by atoms with Crippen molar-refractivity contribution in [3.8, 4) is 6.07 Å². The van der Waals surface area contributed by atoms with Crippen LogP contribution in [0.15, 0.2) is 48.5 Å². The van der Waals surface area contributed by atoms with Crippen LogP contribution in [0.2, 0.25) is 0 Å². The van der Waals surface area contributed by atoms with Crippen LogP contribution >= 0.6 is 11.3 Å². The zero-order chi connectivity index (χ0) is 14.8. The lowest BCUT2D eigenvalue weighted by Crippen LogP contribution is -2.00. The summed E-state index contributed by atoms with van der Waals surface area (Å²) in [7, 11) is 0. The number of carboxylic acids is 1. The topological polar surface area (TPSA) is 61.1 Å². The van der Waals surface area contributed by atoms with Gasteiger partial charge in [0.25, 0.3) is 0 Å². The van der Waals surface area contributed by atoms with Crippen LogP contribution in [-0.4, -0.2) is 11.1 Å². The van der Waals surface area contributed by atoms with Crippen LogP contribution in [0.25, 0.3) is 10.1 Å². The summed E-state index contributed by atoms with van der Waals surface area (Å²) in [6.45, 7) is 0. The Morgan fingerprint density at radius 2 is 1.86 bits per heavy atom. The van der Waals surface area contributed by atoms with Crippen LogP contribution in [-0.2, 0) is 6.42 Å². The molecule has 0 bridgehead atoms. The van der Waals surface area contributed by atoms with Crippen LogP contribution in [0.3, 0.4) is 0 Å². The molecule has 21 heavy (non-hydrogen) atoms. The van der Waals surface area contributed by atoms with E-state index in [1.807, 2.05) is 42.5 Å². The van der Waals surface area contributed by atoms with Gasteiger partial charge in [-0.2, -0.15) is 5.26 Å². The SMILES string of the molecule is N#Cc1ccccc1Cc1c(C(=O)O)sc2ccccc12. The first-order valence-corrected chi connectivity index (χ1v) is 7.24. The van der Waals surface area contributed by atoms with Crippen LogP contribution in [0.5, 0.6) is 0 Å². The molecule has 0 unspecified atom stereocenters. The molecule has 3 aromatic rings. The molecule has 1 N–H and O–H groups in total. The molecular formula is C17H11NO2S. The monoisotopic (exact) mass is 293 g/mol. The normalized spacial score (nSPS) is 10.4. The van der Waals surface area contributed by atoms with Gasteiger partial charge in [0.05, 0.1) is 11.6 Å². The van der Waals surface area contributed by atoms with Crippen molar-refractivity contribution >= 4 is 27.4 Å². The molecule has 0 saturated carbocycles. The van der Waals surface area contributed by atoms with E-state index in [1.54, 1.807) is 6.07 Å². The molecule has 0 fully saturated rings. The molecule has 0 amide bonds. The van der Waals surface area contributed by atoms with Gasteiger partial charge >= 0.3 is 5.97 Å². The second-order valence-corrected chi connectivity index (χ2v) is 5.71. The maximum absolute atomic E-state index is 11.5.